The summed E-state index contributed by atoms with van der Waals surface area (Å²) in [5, 5.41) is 12.7. The van der Waals surface area contributed by atoms with Crippen molar-refractivity contribution in [3.8, 4) is 0 Å². The number of pyridine rings is 1. The fourth-order valence-corrected chi connectivity index (χ4v) is 4.36. The molecule has 4 rings (SSSR count). The highest BCUT2D eigenvalue weighted by molar-refractivity contribution is 14.1. The SMILES string of the molecule is CN(C)C(=O)c1cccc(Cn2c(C(=O)NOCCO)c(Nc3ccc(I)cc3F)c3cnccc32)c1. The van der Waals surface area contributed by atoms with Gasteiger partial charge in [0.15, 0.2) is 0 Å². The van der Waals surface area contributed by atoms with Crippen LogP contribution in [-0.4, -0.2) is 58.7 Å². The Morgan fingerprint density at radius 1 is 1.19 bits per heavy atom. The molecule has 0 saturated carbocycles. The molecule has 37 heavy (non-hydrogen) atoms. The molecule has 0 atom stereocenters. The highest BCUT2D eigenvalue weighted by atomic mass is 127. The van der Waals surface area contributed by atoms with Gasteiger partial charge in [0.1, 0.15) is 11.5 Å². The molecule has 0 spiro atoms. The summed E-state index contributed by atoms with van der Waals surface area (Å²) in [5.74, 6) is -1.22. The average molecular weight is 617 g/mol. The number of aliphatic hydroxyl groups is 1. The molecule has 192 valence electrons. The second-order valence-electron chi connectivity index (χ2n) is 8.35. The van der Waals surface area contributed by atoms with Crippen molar-refractivity contribution in [1.29, 1.82) is 0 Å². The van der Waals surface area contributed by atoms with Crippen LogP contribution in [0.2, 0.25) is 0 Å². The first-order valence-electron chi connectivity index (χ1n) is 11.3. The zero-order chi connectivity index (χ0) is 26.5. The number of rotatable bonds is 9. The van der Waals surface area contributed by atoms with Gasteiger partial charge >= 0.3 is 0 Å². The first-order chi connectivity index (χ1) is 17.8. The topological polar surface area (TPSA) is 109 Å². The predicted octanol–water partition coefficient (Wildman–Crippen LogP) is 3.93. The lowest BCUT2D eigenvalue weighted by Gasteiger charge is -2.15. The molecule has 11 heteroatoms. The van der Waals surface area contributed by atoms with E-state index in [1.54, 1.807) is 67.5 Å². The maximum Gasteiger partial charge on any atom is 0.293 e. The van der Waals surface area contributed by atoms with Crippen molar-refractivity contribution in [2.45, 2.75) is 6.54 Å². The Morgan fingerprint density at radius 3 is 2.73 bits per heavy atom. The number of aliphatic hydroxyl groups excluding tert-OH is 1. The molecule has 0 aliphatic carbocycles. The van der Waals surface area contributed by atoms with Gasteiger partial charge in [-0.05, 0) is 64.6 Å². The van der Waals surface area contributed by atoms with Crippen LogP contribution in [0.1, 0.15) is 26.4 Å². The minimum Gasteiger partial charge on any atom is -0.394 e. The molecule has 4 aromatic rings. The van der Waals surface area contributed by atoms with E-state index in [0.717, 1.165) is 9.13 Å². The van der Waals surface area contributed by atoms with Gasteiger partial charge in [0.25, 0.3) is 11.8 Å². The third-order valence-electron chi connectivity index (χ3n) is 5.55. The molecule has 0 unspecified atom stereocenters. The van der Waals surface area contributed by atoms with E-state index in [1.807, 2.05) is 28.7 Å². The summed E-state index contributed by atoms with van der Waals surface area (Å²) in [7, 11) is 3.36. The van der Waals surface area contributed by atoms with Crippen molar-refractivity contribution in [2.75, 3.05) is 32.6 Å². The lowest BCUT2D eigenvalue weighted by molar-refractivity contribution is 0.0163. The van der Waals surface area contributed by atoms with Gasteiger partial charge in [-0.2, -0.15) is 0 Å². The van der Waals surface area contributed by atoms with E-state index in [-0.39, 0.29) is 37.0 Å². The Labute approximate surface area is 226 Å². The minimum atomic E-state index is -0.599. The van der Waals surface area contributed by atoms with Gasteiger partial charge in [-0.1, -0.05) is 12.1 Å². The Balaban J connectivity index is 1.85. The number of carbonyl (C=O) groups is 2. The number of hydrogen-bond donors (Lipinski definition) is 3. The number of nitrogens with zero attached hydrogens (tertiary/aromatic N) is 3. The number of benzene rings is 2. The van der Waals surface area contributed by atoms with Gasteiger partial charge in [-0.15, -0.1) is 0 Å². The molecular weight excluding hydrogens is 592 g/mol. The third-order valence-corrected chi connectivity index (χ3v) is 6.22. The van der Waals surface area contributed by atoms with Crippen LogP contribution < -0.4 is 10.8 Å². The zero-order valence-corrected chi connectivity index (χ0v) is 22.3. The monoisotopic (exact) mass is 617 g/mol. The van der Waals surface area contributed by atoms with E-state index in [4.69, 9.17) is 9.94 Å². The van der Waals surface area contributed by atoms with Crippen LogP contribution in [-0.2, 0) is 11.4 Å². The Bertz CT molecular complexity index is 1460. The van der Waals surface area contributed by atoms with Crippen molar-refractivity contribution < 1.29 is 23.9 Å². The molecule has 0 bridgehead atoms. The van der Waals surface area contributed by atoms with E-state index in [2.05, 4.69) is 15.8 Å². The lowest BCUT2D eigenvalue weighted by Crippen LogP contribution is -2.28. The smallest absolute Gasteiger partial charge is 0.293 e. The molecular formula is C26H25FIN5O4. The van der Waals surface area contributed by atoms with Gasteiger partial charge in [0, 0.05) is 47.6 Å². The summed E-state index contributed by atoms with van der Waals surface area (Å²) in [5.41, 5.74) is 5.00. The maximum absolute atomic E-state index is 14.8. The second-order valence-corrected chi connectivity index (χ2v) is 9.60. The molecule has 0 aliphatic rings. The molecule has 0 radical (unpaired) electrons. The third kappa shape index (κ3) is 5.89. The van der Waals surface area contributed by atoms with Crippen LogP contribution in [0.3, 0.4) is 0 Å². The van der Waals surface area contributed by atoms with Crippen molar-refractivity contribution in [3.63, 3.8) is 0 Å². The quantitative estimate of drug-likeness (QED) is 0.149. The van der Waals surface area contributed by atoms with Gasteiger partial charge in [-0.25, -0.2) is 9.87 Å². The summed E-state index contributed by atoms with van der Waals surface area (Å²) in [4.78, 5) is 36.7. The van der Waals surface area contributed by atoms with Gasteiger partial charge in [-0.3, -0.25) is 19.4 Å². The van der Waals surface area contributed by atoms with Crippen LogP contribution in [0.15, 0.2) is 60.9 Å². The van der Waals surface area contributed by atoms with E-state index >= 15 is 0 Å². The Hall–Kier alpha value is -3.55. The number of carbonyl (C=O) groups excluding carboxylic acids is 2. The fraction of sp³-hybridized carbons (Fsp3) is 0.192. The Kier molecular flexibility index (Phi) is 8.36. The van der Waals surface area contributed by atoms with Gasteiger partial charge < -0.3 is 19.9 Å². The number of amides is 2. The van der Waals surface area contributed by atoms with Crippen LogP contribution in [0.25, 0.3) is 10.9 Å². The van der Waals surface area contributed by atoms with Crippen molar-refractivity contribution in [3.05, 3.63) is 87.1 Å². The van der Waals surface area contributed by atoms with E-state index in [9.17, 15) is 14.0 Å². The fourth-order valence-electron chi connectivity index (χ4n) is 3.90. The number of aromatic nitrogens is 2. The van der Waals surface area contributed by atoms with E-state index in [1.165, 1.54) is 11.0 Å². The van der Waals surface area contributed by atoms with Gasteiger partial charge in [0.2, 0.25) is 0 Å². The zero-order valence-electron chi connectivity index (χ0n) is 20.2. The average Bonchev–Trinajstić information content (AvgIpc) is 3.18. The molecule has 0 saturated heterocycles. The molecule has 3 N–H and O–H groups in total. The van der Waals surface area contributed by atoms with Gasteiger partial charge in [0.05, 0.1) is 30.1 Å². The number of anilines is 2. The lowest BCUT2D eigenvalue weighted by atomic mass is 10.1. The van der Waals surface area contributed by atoms with Crippen LogP contribution in [0, 0.1) is 9.39 Å². The minimum absolute atomic E-state index is 0.100. The van der Waals surface area contributed by atoms with Crippen molar-refractivity contribution in [1.82, 2.24) is 19.9 Å². The van der Waals surface area contributed by atoms with Crippen molar-refractivity contribution in [2.24, 2.45) is 0 Å². The molecule has 0 aliphatic heterocycles. The first-order valence-corrected chi connectivity index (χ1v) is 12.4. The predicted molar refractivity (Wildman–Crippen MR) is 146 cm³/mol. The van der Waals surface area contributed by atoms with Crippen LogP contribution >= 0.6 is 22.6 Å². The summed E-state index contributed by atoms with van der Waals surface area (Å²) in [6.07, 6.45) is 3.19. The number of hydrogen-bond acceptors (Lipinski definition) is 6. The summed E-state index contributed by atoms with van der Waals surface area (Å²) < 4.78 is 17.3. The molecule has 2 aromatic carbocycles. The normalized spacial score (nSPS) is 10.9. The number of halogens is 2. The highest BCUT2D eigenvalue weighted by Crippen LogP contribution is 2.35. The summed E-state index contributed by atoms with van der Waals surface area (Å²) >= 11 is 2.02. The standard InChI is InChI=1S/C26H25FIN5O4/c1-32(2)26(36)17-5-3-4-16(12-17)15-33-22-8-9-29-14-19(22)23(24(33)25(35)31-37-11-10-34)30-21-7-6-18(28)13-20(21)27/h3-9,12-14,30,34H,10-11,15H2,1-2H3,(H,31,35). The molecule has 0 fully saturated rings. The maximum atomic E-state index is 14.8. The molecule has 2 amide bonds. The van der Waals surface area contributed by atoms with E-state index in [0.29, 0.717) is 22.2 Å². The largest absolute Gasteiger partial charge is 0.394 e. The van der Waals surface area contributed by atoms with Crippen LogP contribution in [0.5, 0.6) is 0 Å². The summed E-state index contributed by atoms with van der Waals surface area (Å²) in [6, 6.07) is 13.6. The highest BCUT2D eigenvalue weighted by Gasteiger charge is 2.25. The molecule has 9 nitrogen and oxygen atoms in total. The number of hydroxylamine groups is 1. The summed E-state index contributed by atoms with van der Waals surface area (Å²) in [6.45, 7) is -0.149. The Morgan fingerprint density at radius 2 is 2.00 bits per heavy atom. The van der Waals surface area contributed by atoms with Crippen LogP contribution in [0.4, 0.5) is 15.8 Å². The van der Waals surface area contributed by atoms with Crippen molar-refractivity contribution >= 4 is 56.7 Å². The molecule has 2 aromatic heterocycles. The second kappa shape index (κ2) is 11.7. The number of fused-ring (bicyclic) bond motifs is 1. The molecule has 2 heterocycles. The van der Waals surface area contributed by atoms with E-state index < -0.39 is 11.7 Å². The first kappa shape index (κ1) is 26.5. The number of nitrogens with one attached hydrogen (secondary N) is 2.